The van der Waals surface area contributed by atoms with Crippen LogP contribution in [0.25, 0.3) is 0 Å². The van der Waals surface area contributed by atoms with Crippen molar-refractivity contribution >= 4 is 23.8 Å². The normalized spacial score (nSPS) is 12.0. The maximum absolute atomic E-state index is 13.0. The van der Waals surface area contributed by atoms with Crippen molar-refractivity contribution in [2.75, 3.05) is 13.2 Å². The van der Waals surface area contributed by atoms with Crippen LogP contribution >= 0.6 is 0 Å². The minimum absolute atomic E-state index is 0.0647. The van der Waals surface area contributed by atoms with Crippen LogP contribution in [0, 0.1) is 0 Å². The van der Waals surface area contributed by atoms with Crippen LogP contribution in [0.15, 0.2) is 79.0 Å². The van der Waals surface area contributed by atoms with E-state index in [4.69, 9.17) is 14.2 Å². The molecule has 11 heteroatoms. The molecule has 3 rings (SSSR count). The number of carbonyl (C=O) groups is 4. The molecule has 0 fully saturated rings. The Morgan fingerprint density at radius 2 is 1.54 bits per heavy atom. The Bertz CT molecular complexity index is 1290. The molecule has 41 heavy (non-hydrogen) atoms. The second-order valence-electron chi connectivity index (χ2n) is 9.04. The molecule has 0 aliphatic rings. The van der Waals surface area contributed by atoms with Crippen LogP contribution < -0.4 is 10.6 Å². The van der Waals surface area contributed by atoms with Crippen LogP contribution in [0.3, 0.4) is 0 Å². The van der Waals surface area contributed by atoms with Gasteiger partial charge >= 0.3 is 11.9 Å². The fourth-order valence-electron chi connectivity index (χ4n) is 3.68. The Morgan fingerprint density at radius 1 is 0.878 bits per heavy atom. The predicted octanol–water partition coefficient (Wildman–Crippen LogP) is 2.67. The molecule has 0 bridgehead atoms. The number of carbonyl (C=O) groups excluding carboxylic acids is 4. The molecule has 3 aromatic rings. The molecule has 216 valence electrons. The summed E-state index contributed by atoms with van der Waals surface area (Å²) in [6.07, 6.45) is 0.555. The van der Waals surface area contributed by atoms with Gasteiger partial charge in [-0.15, -0.1) is 0 Å². The number of amides is 2. The summed E-state index contributed by atoms with van der Waals surface area (Å²) in [4.78, 5) is 54.1. The summed E-state index contributed by atoms with van der Waals surface area (Å²) in [6.45, 7) is 1.52. The van der Waals surface area contributed by atoms with Crippen LogP contribution in [0.1, 0.15) is 41.4 Å². The van der Waals surface area contributed by atoms with E-state index in [1.54, 1.807) is 0 Å². The second-order valence-corrected chi connectivity index (χ2v) is 9.04. The molecule has 11 nitrogen and oxygen atoms in total. The van der Waals surface area contributed by atoms with Gasteiger partial charge in [0.15, 0.2) is 5.69 Å². The topological polar surface area (TPSA) is 153 Å². The average molecular weight is 564 g/mol. The fraction of sp³-hybridized carbons (Fsp3) is 0.300. The van der Waals surface area contributed by atoms with E-state index >= 15 is 0 Å². The van der Waals surface area contributed by atoms with E-state index in [2.05, 4.69) is 15.6 Å². The van der Waals surface area contributed by atoms with Gasteiger partial charge in [0.1, 0.15) is 31.1 Å². The fourth-order valence-corrected chi connectivity index (χ4v) is 3.68. The molecule has 0 saturated heterocycles. The van der Waals surface area contributed by atoms with Crippen LogP contribution in [-0.4, -0.2) is 59.1 Å². The molecule has 0 radical (unpaired) electrons. The Balaban J connectivity index is 1.52. The molecule has 2 amide bonds. The van der Waals surface area contributed by atoms with Gasteiger partial charge in [-0.25, -0.2) is 9.78 Å². The summed E-state index contributed by atoms with van der Waals surface area (Å²) in [7, 11) is 0. The maximum atomic E-state index is 13.0. The number of aromatic nitrogens is 1. The van der Waals surface area contributed by atoms with Gasteiger partial charge in [-0.1, -0.05) is 60.7 Å². The first-order chi connectivity index (χ1) is 19.8. The first-order valence-corrected chi connectivity index (χ1v) is 13.1. The zero-order chi connectivity index (χ0) is 29.5. The predicted molar refractivity (Wildman–Crippen MR) is 147 cm³/mol. The van der Waals surface area contributed by atoms with E-state index in [0.717, 1.165) is 11.1 Å². The summed E-state index contributed by atoms with van der Waals surface area (Å²) in [5, 5.41) is 15.1. The highest BCUT2D eigenvalue weighted by atomic mass is 16.6. The monoisotopic (exact) mass is 563 g/mol. The van der Waals surface area contributed by atoms with Gasteiger partial charge in [-0.05, 0) is 36.6 Å². The van der Waals surface area contributed by atoms with E-state index in [-0.39, 0.29) is 50.7 Å². The van der Waals surface area contributed by atoms with E-state index in [1.807, 2.05) is 60.7 Å². The van der Waals surface area contributed by atoms with Gasteiger partial charge in [-0.2, -0.15) is 0 Å². The zero-order valence-corrected chi connectivity index (χ0v) is 22.7. The summed E-state index contributed by atoms with van der Waals surface area (Å²) < 4.78 is 16.0. The number of benzene rings is 2. The number of aromatic hydroxyl groups is 1. The van der Waals surface area contributed by atoms with E-state index < -0.39 is 35.9 Å². The number of ether oxygens (including phenoxy) is 3. The lowest BCUT2D eigenvalue weighted by molar-refractivity contribution is -0.156. The Morgan fingerprint density at radius 3 is 2.20 bits per heavy atom. The molecule has 0 aliphatic heterocycles. The quantitative estimate of drug-likeness (QED) is 0.187. The van der Waals surface area contributed by atoms with Crippen molar-refractivity contribution in [2.24, 2.45) is 0 Å². The van der Waals surface area contributed by atoms with Gasteiger partial charge in [0, 0.05) is 19.2 Å². The molecule has 0 unspecified atom stereocenters. The Hall–Kier alpha value is -4.77. The minimum Gasteiger partial charge on any atom is -0.505 e. The van der Waals surface area contributed by atoms with Crippen molar-refractivity contribution in [1.29, 1.82) is 0 Å². The van der Waals surface area contributed by atoms with Crippen molar-refractivity contribution in [3.8, 4) is 5.75 Å². The molecular weight excluding hydrogens is 530 g/mol. The zero-order valence-electron chi connectivity index (χ0n) is 22.7. The third kappa shape index (κ3) is 10.7. The van der Waals surface area contributed by atoms with Gasteiger partial charge in [0.05, 0.1) is 6.61 Å². The third-order valence-corrected chi connectivity index (χ3v) is 5.79. The summed E-state index contributed by atoms with van der Waals surface area (Å²) in [6, 6.07) is 19.9. The number of esters is 2. The molecule has 0 aliphatic carbocycles. The van der Waals surface area contributed by atoms with Crippen LogP contribution in [0.4, 0.5) is 0 Å². The molecular formula is C30H33N3O8. The lowest BCUT2D eigenvalue weighted by Crippen LogP contribution is -2.54. The largest absolute Gasteiger partial charge is 0.505 e. The lowest BCUT2D eigenvalue weighted by Gasteiger charge is -2.24. The summed E-state index contributed by atoms with van der Waals surface area (Å²) in [5.41, 5.74) is 1.44. The molecule has 2 atom stereocenters. The molecule has 2 aromatic carbocycles. The van der Waals surface area contributed by atoms with Gasteiger partial charge in [-0.3, -0.25) is 14.4 Å². The van der Waals surface area contributed by atoms with Crippen molar-refractivity contribution in [1.82, 2.24) is 15.6 Å². The van der Waals surface area contributed by atoms with Crippen molar-refractivity contribution in [3.63, 3.8) is 0 Å². The van der Waals surface area contributed by atoms with Crippen LogP contribution in [-0.2, 0) is 41.8 Å². The summed E-state index contributed by atoms with van der Waals surface area (Å²) in [5.74, 6) is -3.02. The third-order valence-electron chi connectivity index (χ3n) is 5.79. The second kappa shape index (κ2) is 16.4. The number of hydrogen-bond donors (Lipinski definition) is 3. The number of nitrogens with one attached hydrogen (secondary N) is 2. The standard InChI is InChI=1S/C30H33N3O8/c1-21(41-26(36)20-39-18-22-10-4-2-5-11-22)27(33-30(38)28-24(34)14-8-16-31-28)29(37)32-17-9-15-25(35)40-19-23-12-6-3-7-13-23/h2-8,10-14,16,21,27,34H,9,15,17-20H2,1H3,(H,32,37)(H,33,38)/t21-,27+/m1/s1. The number of hydrogen-bond acceptors (Lipinski definition) is 9. The van der Waals surface area contributed by atoms with E-state index in [9.17, 15) is 24.3 Å². The first-order valence-electron chi connectivity index (χ1n) is 13.1. The lowest BCUT2D eigenvalue weighted by atomic mass is 10.1. The maximum Gasteiger partial charge on any atom is 0.332 e. The highest BCUT2D eigenvalue weighted by Gasteiger charge is 2.31. The number of nitrogens with zero attached hydrogens (tertiary/aromatic N) is 1. The van der Waals surface area contributed by atoms with Crippen LogP contribution in [0.5, 0.6) is 5.75 Å². The van der Waals surface area contributed by atoms with Crippen molar-refractivity contribution < 1.29 is 38.5 Å². The molecule has 0 saturated carbocycles. The molecule has 3 N–H and O–H groups in total. The number of rotatable bonds is 15. The summed E-state index contributed by atoms with van der Waals surface area (Å²) >= 11 is 0. The average Bonchev–Trinajstić information content (AvgIpc) is 2.98. The number of pyridine rings is 1. The molecule has 1 aromatic heterocycles. The Labute approximate surface area is 237 Å². The van der Waals surface area contributed by atoms with Gasteiger partial charge in [0.25, 0.3) is 5.91 Å². The van der Waals surface area contributed by atoms with E-state index in [1.165, 1.54) is 25.3 Å². The highest BCUT2D eigenvalue weighted by Crippen LogP contribution is 2.13. The first kappa shape index (κ1) is 30.8. The van der Waals surface area contributed by atoms with E-state index in [0.29, 0.717) is 0 Å². The molecule has 1 heterocycles. The van der Waals surface area contributed by atoms with Gasteiger partial charge < -0.3 is 30.0 Å². The van der Waals surface area contributed by atoms with Gasteiger partial charge in [0.2, 0.25) is 5.91 Å². The van der Waals surface area contributed by atoms with Crippen molar-refractivity contribution in [3.05, 3.63) is 95.8 Å². The molecule has 0 spiro atoms. The minimum atomic E-state index is -1.33. The Kier molecular flexibility index (Phi) is 12.3. The van der Waals surface area contributed by atoms with Crippen molar-refractivity contribution in [2.45, 2.75) is 45.1 Å². The smallest absolute Gasteiger partial charge is 0.332 e. The highest BCUT2D eigenvalue weighted by molar-refractivity contribution is 5.98. The SMILES string of the molecule is C[C@@H](OC(=O)COCc1ccccc1)[C@H](NC(=O)c1ncccc1O)C(=O)NCCCC(=O)OCc1ccccc1. The van der Waals surface area contributed by atoms with Crippen LogP contribution in [0.2, 0.25) is 0 Å².